The molecule has 1 aromatic carbocycles. The van der Waals surface area contributed by atoms with E-state index in [9.17, 15) is 27.7 Å². The summed E-state index contributed by atoms with van der Waals surface area (Å²) in [5.41, 5.74) is -1.70. The summed E-state index contributed by atoms with van der Waals surface area (Å²) in [5.74, 6) is 5.42. The van der Waals surface area contributed by atoms with Crippen molar-refractivity contribution in [3.63, 3.8) is 0 Å². The maximum atomic E-state index is 13.4. The third kappa shape index (κ3) is 7.55. The Labute approximate surface area is 188 Å². The quantitative estimate of drug-likeness (QED) is 0.114. The Morgan fingerprint density at radius 3 is 2.55 bits per heavy atom. The molecule has 1 heterocycles. The molecule has 0 saturated carbocycles. The van der Waals surface area contributed by atoms with Crippen molar-refractivity contribution in [2.75, 3.05) is 19.7 Å². The van der Waals surface area contributed by atoms with Crippen LogP contribution in [0.4, 0.5) is 13.2 Å². The van der Waals surface area contributed by atoms with Gasteiger partial charge in [0.05, 0.1) is 12.2 Å². The highest BCUT2D eigenvalue weighted by Gasteiger charge is 2.34. The molecule has 2 rings (SSSR count). The van der Waals surface area contributed by atoms with Gasteiger partial charge in [0.15, 0.2) is 6.54 Å². The summed E-state index contributed by atoms with van der Waals surface area (Å²) in [6, 6.07) is 3.23. The van der Waals surface area contributed by atoms with E-state index in [1.165, 1.54) is 12.1 Å². The average Bonchev–Trinajstić information content (AvgIpc) is 2.75. The van der Waals surface area contributed by atoms with Gasteiger partial charge in [-0.1, -0.05) is 37.8 Å². The van der Waals surface area contributed by atoms with Gasteiger partial charge in [0.25, 0.3) is 5.91 Å². The predicted octanol–water partition coefficient (Wildman–Crippen LogP) is 4.56. The Bertz CT molecular complexity index is 1010. The van der Waals surface area contributed by atoms with Crippen molar-refractivity contribution in [3.8, 4) is 5.75 Å². The zero-order chi connectivity index (χ0) is 24.4. The maximum absolute atomic E-state index is 13.4. The average molecular weight is 471 g/mol. The first-order chi connectivity index (χ1) is 15.7. The topological polar surface area (TPSA) is 115 Å². The van der Waals surface area contributed by atoms with E-state index in [1.54, 1.807) is 0 Å². The van der Waals surface area contributed by atoms with Crippen molar-refractivity contribution >= 4 is 16.9 Å². The minimum atomic E-state index is -4.67. The van der Waals surface area contributed by atoms with Gasteiger partial charge in [-0.2, -0.15) is 18.1 Å². The van der Waals surface area contributed by atoms with Gasteiger partial charge >= 0.3 is 11.8 Å². The molecule has 0 atom stereocenters. The SMILES string of the molecule is CCCc1c(OCCCCCCCN(N)C(=O)CN=O)ccc2c(C(F)(F)F)cc(=O)oc12. The molecule has 1 aromatic heterocycles. The Hall–Kier alpha value is -2.95. The Balaban J connectivity index is 1.93. The number of nitrogens with zero attached hydrogens (tertiary/aromatic N) is 2. The number of rotatable bonds is 13. The van der Waals surface area contributed by atoms with Crippen LogP contribution >= 0.6 is 0 Å². The molecule has 0 bridgehead atoms. The molecular weight excluding hydrogens is 443 g/mol. The van der Waals surface area contributed by atoms with Crippen molar-refractivity contribution < 1.29 is 27.1 Å². The first kappa shape index (κ1) is 26.3. The number of ether oxygens (including phenoxy) is 1. The van der Waals surface area contributed by atoms with Gasteiger partial charge in [0.1, 0.15) is 11.3 Å². The minimum absolute atomic E-state index is 0.0835. The summed E-state index contributed by atoms with van der Waals surface area (Å²) in [5, 5.41) is 3.34. The molecular formula is C22H28F3N3O5. The first-order valence-corrected chi connectivity index (χ1v) is 10.8. The van der Waals surface area contributed by atoms with Crippen LogP contribution in [0.3, 0.4) is 0 Å². The second kappa shape index (κ2) is 12.3. The van der Waals surface area contributed by atoms with Crippen LogP contribution in [0.1, 0.15) is 56.6 Å². The van der Waals surface area contributed by atoms with E-state index in [-0.39, 0.29) is 11.0 Å². The second-order valence-corrected chi connectivity index (χ2v) is 7.64. The number of nitrogens with two attached hydrogens (primary N) is 1. The molecule has 1 amide bonds. The molecule has 0 radical (unpaired) electrons. The zero-order valence-electron chi connectivity index (χ0n) is 18.5. The van der Waals surface area contributed by atoms with Crippen LogP contribution in [0, 0.1) is 4.91 Å². The molecule has 182 valence electrons. The molecule has 0 aliphatic heterocycles. The van der Waals surface area contributed by atoms with Crippen molar-refractivity contribution in [2.45, 2.75) is 58.0 Å². The number of hydrogen-bond donors (Lipinski definition) is 1. The number of alkyl halides is 3. The van der Waals surface area contributed by atoms with E-state index in [0.717, 1.165) is 30.7 Å². The second-order valence-electron chi connectivity index (χ2n) is 7.64. The largest absolute Gasteiger partial charge is 0.493 e. The fourth-order valence-electron chi connectivity index (χ4n) is 3.49. The van der Waals surface area contributed by atoms with E-state index < -0.39 is 29.8 Å². The zero-order valence-corrected chi connectivity index (χ0v) is 18.5. The fraction of sp³-hybridized carbons (Fsp3) is 0.545. The van der Waals surface area contributed by atoms with Gasteiger partial charge in [0.2, 0.25) is 0 Å². The highest BCUT2D eigenvalue weighted by atomic mass is 19.4. The highest BCUT2D eigenvalue weighted by Crippen LogP contribution is 2.37. The third-order valence-corrected chi connectivity index (χ3v) is 5.10. The third-order valence-electron chi connectivity index (χ3n) is 5.10. The highest BCUT2D eigenvalue weighted by molar-refractivity contribution is 5.85. The molecule has 0 spiro atoms. The maximum Gasteiger partial charge on any atom is 0.417 e. The number of aryl methyl sites for hydroxylation is 1. The molecule has 0 saturated heterocycles. The van der Waals surface area contributed by atoms with E-state index in [0.29, 0.717) is 49.8 Å². The number of carbonyl (C=O) groups is 1. The number of hydrazine groups is 1. The summed E-state index contributed by atoms with van der Waals surface area (Å²) in [6.45, 7) is 2.11. The van der Waals surface area contributed by atoms with Crippen molar-refractivity contribution in [2.24, 2.45) is 11.0 Å². The lowest BCUT2D eigenvalue weighted by Gasteiger charge is -2.16. The van der Waals surface area contributed by atoms with Crippen LogP contribution in [-0.4, -0.2) is 30.6 Å². The number of carbonyl (C=O) groups excluding carboxylic acids is 1. The lowest BCUT2D eigenvalue weighted by Crippen LogP contribution is -2.39. The molecule has 0 fully saturated rings. The number of unbranched alkanes of at least 4 members (excludes halogenated alkanes) is 4. The molecule has 0 unspecified atom stereocenters. The van der Waals surface area contributed by atoms with Crippen molar-refractivity contribution in [3.05, 3.63) is 44.7 Å². The van der Waals surface area contributed by atoms with Crippen LogP contribution in [-0.2, 0) is 17.4 Å². The number of nitroso groups, excluding NO2 is 1. The molecule has 2 N–H and O–H groups in total. The van der Waals surface area contributed by atoms with Crippen molar-refractivity contribution in [1.82, 2.24) is 5.01 Å². The Morgan fingerprint density at radius 2 is 1.88 bits per heavy atom. The molecule has 11 heteroatoms. The van der Waals surface area contributed by atoms with Crippen LogP contribution in [0.5, 0.6) is 5.75 Å². The summed E-state index contributed by atoms with van der Waals surface area (Å²) in [7, 11) is 0. The minimum Gasteiger partial charge on any atom is -0.493 e. The van der Waals surface area contributed by atoms with Gasteiger partial charge < -0.3 is 9.15 Å². The standard InChI is InChI=1S/C22H28F3N3O5/c1-2-8-16-18(10-9-15-17(22(23,24)25)13-20(30)33-21(15)16)32-12-7-5-3-4-6-11-28(26)19(29)14-27-31/h9-10,13H,2-8,11-12,14,26H2,1H3. The van der Waals surface area contributed by atoms with E-state index in [4.69, 9.17) is 15.0 Å². The number of hydrogen-bond acceptors (Lipinski definition) is 7. The van der Waals surface area contributed by atoms with Gasteiger partial charge in [-0.25, -0.2) is 10.6 Å². The normalized spacial score (nSPS) is 11.5. The summed E-state index contributed by atoms with van der Waals surface area (Å²) >= 11 is 0. The van der Waals surface area contributed by atoms with Gasteiger partial charge in [-0.3, -0.25) is 9.80 Å². The monoisotopic (exact) mass is 471 g/mol. The Kier molecular flexibility index (Phi) is 9.83. The van der Waals surface area contributed by atoms with Gasteiger partial charge in [-0.05, 0) is 31.4 Å². The van der Waals surface area contributed by atoms with Crippen LogP contribution in [0.25, 0.3) is 11.0 Å². The van der Waals surface area contributed by atoms with Crippen LogP contribution in [0.15, 0.2) is 32.6 Å². The number of amides is 1. The lowest BCUT2D eigenvalue weighted by atomic mass is 10.0. The fourth-order valence-corrected chi connectivity index (χ4v) is 3.49. The number of fused-ring (bicyclic) bond motifs is 1. The Morgan fingerprint density at radius 1 is 1.18 bits per heavy atom. The predicted molar refractivity (Wildman–Crippen MR) is 117 cm³/mol. The summed E-state index contributed by atoms with van der Waals surface area (Å²) in [4.78, 5) is 33.2. The first-order valence-electron chi connectivity index (χ1n) is 10.8. The summed E-state index contributed by atoms with van der Waals surface area (Å²) < 4.78 is 51.0. The molecule has 33 heavy (non-hydrogen) atoms. The van der Waals surface area contributed by atoms with E-state index in [2.05, 4.69) is 5.18 Å². The van der Waals surface area contributed by atoms with E-state index in [1.807, 2.05) is 6.92 Å². The lowest BCUT2D eigenvalue weighted by molar-refractivity contribution is -0.136. The summed E-state index contributed by atoms with van der Waals surface area (Å²) in [6.07, 6.45) is 0.338. The molecule has 0 aliphatic rings. The van der Waals surface area contributed by atoms with Crippen LogP contribution in [0.2, 0.25) is 0 Å². The molecule has 0 aliphatic carbocycles. The molecule has 2 aromatic rings. The van der Waals surface area contributed by atoms with Gasteiger partial charge in [-0.15, -0.1) is 0 Å². The van der Waals surface area contributed by atoms with Gasteiger partial charge in [0, 0.05) is 23.6 Å². The molecule has 8 nitrogen and oxygen atoms in total. The van der Waals surface area contributed by atoms with Crippen LogP contribution < -0.4 is 16.2 Å². The van der Waals surface area contributed by atoms with Crippen molar-refractivity contribution in [1.29, 1.82) is 0 Å². The number of benzene rings is 1. The number of halogens is 3. The van der Waals surface area contributed by atoms with E-state index >= 15 is 0 Å². The smallest absolute Gasteiger partial charge is 0.417 e.